The van der Waals surface area contributed by atoms with Crippen LogP contribution in [0, 0.1) is 0 Å². The summed E-state index contributed by atoms with van der Waals surface area (Å²) in [6, 6.07) is 11.4. The highest BCUT2D eigenvalue weighted by molar-refractivity contribution is 7.89. The Bertz CT molecular complexity index is 911. The molecule has 0 aliphatic rings. The van der Waals surface area contributed by atoms with Crippen molar-refractivity contribution in [2.45, 2.75) is 25.3 Å². The maximum Gasteiger partial charge on any atom is 0.255 e. The fraction of sp³-hybridized carbons (Fsp3) is 0.316. The van der Waals surface area contributed by atoms with Gasteiger partial charge in [0.2, 0.25) is 10.0 Å². The standard InChI is InChI=1S/C19H22Cl2N2O3S/c1-4-23(5-2)27(25,26)16-10-11-18(21)17(12-16)19(24)22(3)13-14-6-8-15(20)9-7-14/h6-12H,4-5,13H2,1-3H3. The Morgan fingerprint density at radius 3 is 2.15 bits per heavy atom. The van der Waals surface area contributed by atoms with Gasteiger partial charge in [0, 0.05) is 31.7 Å². The summed E-state index contributed by atoms with van der Waals surface area (Å²) in [6.07, 6.45) is 0. The molecule has 146 valence electrons. The molecule has 0 aliphatic heterocycles. The molecule has 0 atom stereocenters. The van der Waals surface area contributed by atoms with Crippen LogP contribution in [0.5, 0.6) is 0 Å². The van der Waals surface area contributed by atoms with Crippen molar-refractivity contribution in [3.63, 3.8) is 0 Å². The molecule has 2 aromatic rings. The molecule has 0 spiro atoms. The molecule has 5 nitrogen and oxygen atoms in total. The van der Waals surface area contributed by atoms with E-state index in [2.05, 4.69) is 0 Å². The van der Waals surface area contributed by atoms with E-state index in [1.807, 2.05) is 12.1 Å². The quantitative estimate of drug-likeness (QED) is 0.660. The topological polar surface area (TPSA) is 57.7 Å². The third-order valence-electron chi connectivity index (χ3n) is 4.19. The van der Waals surface area contributed by atoms with Gasteiger partial charge in [-0.25, -0.2) is 8.42 Å². The Morgan fingerprint density at radius 1 is 1.00 bits per heavy atom. The van der Waals surface area contributed by atoms with Gasteiger partial charge < -0.3 is 4.90 Å². The summed E-state index contributed by atoms with van der Waals surface area (Å²) in [5, 5.41) is 0.825. The molecule has 0 radical (unpaired) electrons. The van der Waals surface area contributed by atoms with E-state index in [1.165, 1.54) is 27.4 Å². The largest absolute Gasteiger partial charge is 0.337 e. The van der Waals surface area contributed by atoms with Crippen LogP contribution in [0.4, 0.5) is 0 Å². The minimum absolute atomic E-state index is 0.0545. The zero-order valence-electron chi connectivity index (χ0n) is 15.4. The lowest BCUT2D eigenvalue weighted by Crippen LogP contribution is -2.31. The van der Waals surface area contributed by atoms with Crippen molar-refractivity contribution in [3.8, 4) is 0 Å². The van der Waals surface area contributed by atoms with Crippen LogP contribution in [-0.2, 0) is 16.6 Å². The number of amides is 1. The number of rotatable bonds is 7. The zero-order chi connectivity index (χ0) is 20.2. The van der Waals surface area contributed by atoms with Crippen molar-refractivity contribution < 1.29 is 13.2 Å². The van der Waals surface area contributed by atoms with Crippen LogP contribution in [0.25, 0.3) is 0 Å². The second-order valence-corrected chi connectivity index (χ2v) is 8.80. The Hall–Kier alpha value is -1.60. The number of hydrogen-bond acceptors (Lipinski definition) is 3. The number of carbonyl (C=O) groups is 1. The lowest BCUT2D eigenvalue weighted by Gasteiger charge is -2.21. The molecule has 8 heteroatoms. The van der Waals surface area contributed by atoms with Gasteiger partial charge in [-0.1, -0.05) is 49.2 Å². The van der Waals surface area contributed by atoms with Crippen LogP contribution in [-0.4, -0.2) is 43.7 Å². The molecule has 0 saturated carbocycles. The first-order valence-corrected chi connectivity index (χ1v) is 10.7. The van der Waals surface area contributed by atoms with Gasteiger partial charge in [0.25, 0.3) is 5.91 Å². The van der Waals surface area contributed by atoms with E-state index >= 15 is 0 Å². The molecule has 0 bridgehead atoms. The number of carbonyl (C=O) groups excluding carboxylic acids is 1. The van der Waals surface area contributed by atoms with Gasteiger partial charge in [-0.3, -0.25) is 4.79 Å². The molecule has 0 aliphatic carbocycles. The van der Waals surface area contributed by atoms with E-state index in [-0.39, 0.29) is 21.4 Å². The van der Waals surface area contributed by atoms with Crippen molar-refractivity contribution >= 4 is 39.1 Å². The maximum absolute atomic E-state index is 12.8. The van der Waals surface area contributed by atoms with Gasteiger partial charge in [-0.2, -0.15) is 4.31 Å². The van der Waals surface area contributed by atoms with Gasteiger partial charge >= 0.3 is 0 Å². The second-order valence-electron chi connectivity index (χ2n) is 6.02. The van der Waals surface area contributed by atoms with Crippen LogP contribution in [0.3, 0.4) is 0 Å². The summed E-state index contributed by atoms with van der Waals surface area (Å²) in [4.78, 5) is 14.4. The van der Waals surface area contributed by atoms with Gasteiger partial charge in [0.1, 0.15) is 0 Å². The minimum Gasteiger partial charge on any atom is -0.337 e. The van der Waals surface area contributed by atoms with Crippen LogP contribution >= 0.6 is 23.2 Å². The van der Waals surface area contributed by atoms with E-state index < -0.39 is 10.0 Å². The molecule has 0 heterocycles. The number of nitrogens with zero attached hydrogens (tertiary/aromatic N) is 2. The van der Waals surface area contributed by atoms with Crippen LogP contribution in [0.1, 0.15) is 29.8 Å². The Morgan fingerprint density at radius 2 is 1.59 bits per heavy atom. The Balaban J connectivity index is 2.31. The summed E-state index contributed by atoms with van der Waals surface area (Å²) in [5.74, 6) is -0.355. The van der Waals surface area contributed by atoms with Crippen LogP contribution in [0.2, 0.25) is 10.0 Å². The zero-order valence-corrected chi connectivity index (χ0v) is 17.8. The van der Waals surface area contributed by atoms with Crippen molar-refractivity contribution in [3.05, 3.63) is 63.6 Å². The second kappa shape index (κ2) is 9.06. The van der Waals surface area contributed by atoms with Gasteiger partial charge in [0.05, 0.1) is 15.5 Å². The maximum atomic E-state index is 12.8. The molecular weight excluding hydrogens is 407 g/mol. The van der Waals surface area contributed by atoms with E-state index in [9.17, 15) is 13.2 Å². The molecule has 27 heavy (non-hydrogen) atoms. The first-order valence-electron chi connectivity index (χ1n) is 8.50. The summed E-state index contributed by atoms with van der Waals surface area (Å²) in [6.45, 7) is 4.58. The third-order valence-corrected chi connectivity index (χ3v) is 6.82. The predicted molar refractivity (Wildman–Crippen MR) is 109 cm³/mol. The highest BCUT2D eigenvalue weighted by Crippen LogP contribution is 2.24. The van der Waals surface area contributed by atoms with Crippen molar-refractivity contribution in [1.82, 2.24) is 9.21 Å². The van der Waals surface area contributed by atoms with Gasteiger partial charge in [-0.15, -0.1) is 0 Å². The highest BCUT2D eigenvalue weighted by atomic mass is 35.5. The molecule has 2 aromatic carbocycles. The first-order chi connectivity index (χ1) is 12.7. The number of hydrogen-bond donors (Lipinski definition) is 0. The van der Waals surface area contributed by atoms with Gasteiger partial charge in [-0.05, 0) is 35.9 Å². The SMILES string of the molecule is CCN(CC)S(=O)(=O)c1ccc(Cl)c(C(=O)N(C)Cc2ccc(Cl)cc2)c1. The summed E-state index contributed by atoms with van der Waals surface area (Å²) < 4.78 is 26.8. The van der Waals surface area contributed by atoms with Crippen molar-refractivity contribution in [2.75, 3.05) is 20.1 Å². The van der Waals surface area contributed by atoms with E-state index in [1.54, 1.807) is 33.0 Å². The fourth-order valence-corrected chi connectivity index (χ4v) is 4.49. The third kappa shape index (κ3) is 5.02. The normalized spacial score (nSPS) is 11.6. The summed E-state index contributed by atoms with van der Waals surface area (Å²) in [7, 11) is -2.04. The first kappa shape index (κ1) is 21.7. The number of sulfonamides is 1. The lowest BCUT2D eigenvalue weighted by molar-refractivity contribution is 0.0785. The van der Waals surface area contributed by atoms with Crippen molar-refractivity contribution in [1.29, 1.82) is 0 Å². The highest BCUT2D eigenvalue weighted by Gasteiger charge is 2.24. The van der Waals surface area contributed by atoms with E-state index in [0.717, 1.165) is 5.56 Å². The monoisotopic (exact) mass is 428 g/mol. The van der Waals surface area contributed by atoms with E-state index in [4.69, 9.17) is 23.2 Å². The molecule has 0 saturated heterocycles. The molecule has 0 aromatic heterocycles. The number of benzene rings is 2. The van der Waals surface area contributed by atoms with Crippen LogP contribution in [0.15, 0.2) is 47.4 Å². The Kier molecular flexibility index (Phi) is 7.28. The van der Waals surface area contributed by atoms with Crippen LogP contribution < -0.4 is 0 Å². The van der Waals surface area contributed by atoms with Crippen molar-refractivity contribution in [2.24, 2.45) is 0 Å². The van der Waals surface area contributed by atoms with Gasteiger partial charge in [0.15, 0.2) is 0 Å². The fourth-order valence-electron chi connectivity index (χ4n) is 2.68. The molecule has 0 unspecified atom stereocenters. The number of halogens is 2. The average molecular weight is 429 g/mol. The molecular formula is C19H22Cl2N2O3S. The molecule has 0 N–H and O–H groups in total. The predicted octanol–water partition coefficient (Wildman–Crippen LogP) is 4.30. The van der Waals surface area contributed by atoms with E-state index in [0.29, 0.717) is 24.7 Å². The lowest BCUT2D eigenvalue weighted by atomic mass is 10.1. The smallest absolute Gasteiger partial charge is 0.255 e. The molecule has 2 rings (SSSR count). The Labute approximate surface area is 170 Å². The summed E-state index contributed by atoms with van der Waals surface area (Å²) in [5.41, 5.74) is 1.06. The molecule has 1 amide bonds. The minimum atomic E-state index is -3.67. The summed E-state index contributed by atoms with van der Waals surface area (Å²) >= 11 is 12.1. The molecule has 0 fully saturated rings. The average Bonchev–Trinajstić information content (AvgIpc) is 2.64.